The number of aliphatic hydroxyl groups is 1. The summed E-state index contributed by atoms with van der Waals surface area (Å²) in [6.07, 6.45) is 0.338. The van der Waals surface area contributed by atoms with Gasteiger partial charge in [-0.2, -0.15) is 0 Å². The van der Waals surface area contributed by atoms with Crippen molar-refractivity contribution in [1.29, 1.82) is 0 Å². The van der Waals surface area contributed by atoms with Gasteiger partial charge in [0.2, 0.25) is 5.91 Å². The second-order valence-corrected chi connectivity index (χ2v) is 4.83. The predicted octanol–water partition coefficient (Wildman–Crippen LogP) is -0.465. The van der Waals surface area contributed by atoms with E-state index in [1.807, 2.05) is 18.7 Å². The maximum atomic E-state index is 11.5. The molecule has 1 aliphatic heterocycles. The molecular weight excluding hydrogens is 222 g/mol. The first-order valence-electron chi connectivity index (χ1n) is 5.95. The molecular formula is C11H21N3O3. The fraction of sp³-hybridized carbons (Fsp3) is 0.818. The molecule has 0 aliphatic carbocycles. The van der Waals surface area contributed by atoms with Crippen LogP contribution in [0.2, 0.25) is 0 Å². The van der Waals surface area contributed by atoms with Crippen LogP contribution in [-0.4, -0.2) is 54.2 Å². The number of likely N-dealkylation sites (tertiary alicyclic amines) is 1. The van der Waals surface area contributed by atoms with Crippen LogP contribution in [0.4, 0.5) is 4.79 Å². The summed E-state index contributed by atoms with van der Waals surface area (Å²) in [4.78, 5) is 24.6. The molecule has 6 nitrogen and oxygen atoms in total. The minimum absolute atomic E-state index is 0.159. The Morgan fingerprint density at radius 2 is 2.18 bits per heavy atom. The molecule has 1 heterocycles. The van der Waals surface area contributed by atoms with E-state index < -0.39 is 6.03 Å². The van der Waals surface area contributed by atoms with E-state index >= 15 is 0 Å². The van der Waals surface area contributed by atoms with E-state index in [2.05, 4.69) is 10.6 Å². The standard InChI is InChI=1S/C11H21N3O3/c1-8(2)5-12-11(17)13-10(16)7-14-4-3-9(15)6-14/h8-9,15H,3-7H2,1-2H3,(H2,12,13,16,17). The number of amides is 3. The van der Waals surface area contributed by atoms with Gasteiger partial charge in [0.15, 0.2) is 0 Å². The van der Waals surface area contributed by atoms with Gasteiger partial charge in [0.05, 0.1) is 12.6 Å². The number of imide groups is 1. The highest BCUT2D eigenvalue weighted by Gasteiger charge is 2.22. The van der Waals surface area contributed by atoms with Crippen LogP contribution in [0, 0.1) is 5.92 Å². The Hall–Kier alpha value is -1.14. The van der Waals surface area contributed by atoms with E-state index in [0.717, 1.165) is 0 Å². The first kappa shape index (κ1) is 13.9. The average Bonchev–Trinajstić information content (AvgIpc) is 2.60. The van der Waals surface area contributed by atoms with Gasteiger partial charge < -0.3 is 10.4 Å². The maximum absolute atomic E-state index is 11.5. The van der Waals surface area contributed by atoms with Crippen LogP contribution in [0.25, 0.3) is 0 Å². The first-order valence-corrected chi connectivity index (χ1v) is 5.95. The number of β-amino-alcohol motifs (C(OH)–C–C–N with tert-alkyl or cyclic N) is 1. The Morgan fingerprint density at radius 1 is 1.47 bits per heavy atom. The zero-order valence-electron chi connectivity index (χ0n) is 10.4. The Balaban J connectivity index is 2.18. The molecule has 1 atom stereocenters. The van der Waals surface area contributed by atoms with Gasteiger partial charge in [-0.3, -0.25) is 15.0 Å². The van der Waals surface area contributed by atoms with Crippen LogP contribution in [0.1, 0.15) is 20.3 Å². The number of nitrogens with zero attached hydrogens (tertiary/aromatic N) is 1. The van der Waals surface area contributed by atoms with Gasteiger partial charge in [0, 0.05) is 19.6 Å². The lowest BCUT2D eigenvalue weighted by molar-refractivity contribution is -0.121. The summed E-state index contributed by atoms with van der Waals surface area (Å²) in [6.45, 7) is 5.86. The number of nitrogens with one attached hydrogen (secondary N) is 2. The number of rotatable bonds is 4. The van der Waals surface area contributed by atoms with Crippen LogP contribution < -0.4 is 10.6 Å². The Morgan fingerprint density at radius 3 is 2.71 bits per heavy atom. The van der Waals surface area contributed by atoms with Gasteiger partial charge in [0.25, 0.3) is 0 Å². The number of carbonyl (C=O) groups is 2. The molecule has 1 fully saturated rings. The highest BCUT2D eigenvalue weighted by molar-refractivity contribution is 5.95. The fourth-order valence-corrected chi connectivity index (χ4v) is 1.67. The largest absolute Gasteiger partial charge is 0.392 e. The summed E-state index contributed by atoms with van der Waals surface area (Å²) >= 11 is 0. The SMILES string of the molecule is CC(C)CNC(=O)NC(=O)CN1CCC(O)C1. The van der Waals surface area contributed by atoms with Crippen molar-refractivity contribution < 1.29 is 14.7 Å². The lowest BCUT2D eigenvalue weighted by Crippen LogP contribution is -2.45. The minimum atomic E-state index is -0.455. The monoisotopic (exact) mass is 243 g/mol. The van der Waals surface area contributed by atoms with Crippen LogP contribution in [0.15, 0.2) is 0 Å². The number of carbonyl (C=O) groups excluding carboxylic acids is 2. The van der Waals surface area contributed by atoms with E-state index in [4.69, 9.17) is 0 Å². The summed E-state index contributed by atoms with van der Waals surface area (Å²) < 4.78 is 0. The van der Waals surface area contributed by atoms with Crippen LogP contribution in [0.5, 0.6) is 0 Å². The fourth-order valence-electron chi connectivity index (χ4n) is 1.67. The highest BCUT2D eigenvalue weighted by atomic mass is 16.3. The molecule has 0 spiro atoms. The zero-order valence-corrected chi connectivity index (χ0v) is 10.4. The molecule has 3 amide bonds. The van der Waals surface area contributed by atoms with E-state index in [1.165, 1.54) is 0 Å². The van der Waals surface area contributed by atoms with Crippen molar-refractivity contribution in [2.75, 3.05) is 26.2 Å². The highest BCUT2D eigenvalue weighted by Crippen LogP contribution is 2.07. The molecule has 0 saturated carbocycles. The number of hydrogen-bond donors (Lipinski definition) is 3. The number of aliphatic hydroxyl groups excluding tert-OH is 1. The van der Waals surface area contributed by atoms with Crippen molar-refractivity contribution in [1.82, 2.24) is 15.5 Å². The smallest absolute Gasteiger partial charge is 0.321 e. The molecule has 0 aromatic carbocycles. The summed E-state index contributed by atoms with van der Waals surface area (Å²) in [5.41, 5.74) is 0. The molecule has 98 valence electrons. The van der Waals surface area contributed by atoms with Gasteiger partial charge in [0.1, 0.15) is 0 Å². The lowest BCUT2D eigenvalue weighted by Gasteiger charge is -2.14. The third kappa shape index (κ3) is 5.65. The van der Waals surface area contributed by atoms with Crippen molar-refractivity contribution in [2.45, 2.75) is 26.4 Å². The minimum Gasteiger partial charge on any atom is -0.392 e. The first-order chi connectivity index (χ1) is 7.97. The molecule has 6 heteroatoms. The van der Waals surface area contributed by atoms with E-state index in [1.54, 1.807) is 0 Å². The molecule has 1 rings (SSSR count). The number of urea groups is 1. The van der Waals surface area contributed by atoms with Gasteiger partial charge in [-0.1, -0.05) is 13.8 Å². The second kappa shape index (κ2) is 6.56. The Labute approximate surface area is 101 Å². The van der Waals surface area contributed by atoms with Crippen molar-refractivity contribution in [3.8, 4) is 0 Å². The predicted molar refractivity (Wildman–Crippen MR) is 63.4 cm³/mol. The normalized spacial score (nSPS) is 20.6. The van der Waals surface area contributed by atoms with E-state index in [9.17, 15) is 14.7 Å². The molecule has 3 N–H and O–H groups in total. The third-order valence-electron chi connectivity index (χ3n) is 2.54. The van der Waals surface area contributed by atoms with Crippen molar-refractivity contribution in [3.05, 3.63) is 0 Å². The van der Waals surface area contributed by atoms with Crippen LogP contribution >= 0.6 is 0 Å². The molecule has 0 aromatic heterocycles. The molecule has 0 aromatic rings. The lowest BCUT2D eigenvalue weighted by atomic mass is 10.2. The molecule has 1 aliphatic rings. The van der Waals surface area contributed by atoms with E-state index in [0.29, 0.717) is 32.0 Å². The quantitative estimate of drug-likeness (QED) is 0.624. The summed E-state index contributed by atoms with van der Waals surface area (Å²) in [6, 6.07) is -0.455. The van der Waals surface area contributed by atoms with Crippen molar-refractivity contribution in [3.63, 3.8) is 0 Å². The van der Waals surface area contributed by atoms with Gasteiger partial charge in [-0.25, -0.2) is 4.79 Å². The van der Waals surface area contributed by atoms with Crippen LogP contribution in [0.3, 0.4) is 0 Å². The summed E-state index contributed by atoms with van der Waals surface area (Å²) in [7, 11) is 0. The summed E-state index contributed by atoms with van der Waals surface area (Å²) in [5, 5.41) is 14.2. The summed E-state index contributed by atoms with van der Waals surface area (Å²) in [5.74, 6) is 0.0185. The molecule has 1 saturated heterocycles. The topological polar surface area (TPSA) is 81.7 Å². The van der Waals surface area contributed by atoms with Gasteiger partial charge in [-0.05, 0) is 12.3 Å². The van der Waals surface area contributed by atoms with Crippen LogP contribution in [-0.2, 0) is 4.79 Å². The average molecular weight is 243 g/mol. The molecule has 1 unspecified atom stereocenters. The maximum Gasteiger partial charge on any atom is 0.321 e. The second-order valence-electron chi connectivity index (χ2n) is 4.83. The van der Waals surface area contributed by atoms with Crippen molar-refractivity contribution in [2.24, 2.45) is 5.92 Å². The zero-order chi connectivity index (χ0) is 12.8. The van der Waals surface area contributed by atoms with Crippen molar-refractivity contribution >= 4 is 11.9 Å². The Kier molecular flexibility index (Phi) is 5.37. The Bertz CT molecular complexity index is 281. The molecule has 0 radical (unpaired) electrons. The van der Waals surface area contributed by atoms with E-state index in [-0.39, 0.29) is 18.6 Å². The number of hydrogen-bond acceptors (Lipinski definition) is 4. The third-order valence-corrected chi connectivity index (χ3v) is 2.54. The molecule has 0 bridgehead atoms. The van der Waals surface area contributed by atoms with Gasteiger partial charge in [-0.15, -0.1) is 0 Å². The molecule has 17 heavy (non-hydrogen) atoms. The van der Waals surface area contributed by atoms with Gasteiger partial charge >= 0.3 is 6.03 Å².